The van der Waals surface area contributed by atoms with Crippen LogP contribution in [0.3, 0.4) is 0 Å². The lowest BCUT2D eigenvalue weighted by Gasteiger charge is -2.22. The smallest absolute Gasteiger partial charge is 0.297 e. The molecule has 0 aliphatic carbocycles. The van der Waals surface area contributed by atoms with Crippen LogP contribution < -0.4 is 0 Å². The van der Waals surface area contributed by atoms with Gasteiger partial charge in [0.05, 0.1) is 22.9 Å². The van der Waals surface area contributed by atoms with Crippen LogP contribution in [0, 0.1) is 6.92 Å². The summed E-state index contributed by atoms with van der Waals surface area (Å²) < 4.78 is 30.0. The summed E-state index contributed by atoms with van der Waals surface area (Å²) >= 11 is 1.44. The van der Waals surface area contributed by atoms with Crippen molar-refractivity contribution in [3.63, 3.8) is 0 Å². The Kier molecular flexibility index (Phi) is 7.50. The molecule has 2 aromatic carbocycles. The predicted octanol–water partition coefficient (Wildman–Crippen LogP) is 4.02. The van der Waals surface area contributed by atoms with E-state index < -0.39 is 16.2 Å². The molecule has 0 saturated heterocycles. The van der Waals surface area contributed by atoms with E-state index >= 15 is 0 Å². The molecule has 25 heavy (non-hydrogen) atoms. The fourth-order valence-electron chi connectivity index (χ4n) is 2.31. The van der Waals surface area contributed by atoms with Gasteiger partial charge in [-0.2, -0.15) is 8.42 Å². The van der Waals surface area contributed by atoms with Crippen LogP contribution in [0.25, 0.3) is 0 Å². The third-order valence-electron chi connectivity index (χ3n) is 3.74. The Morgan fingerprint density at radius 2 is 1.72 bits per heavy atom. The first-order chi connectivity index (χ1) is 11.9. The highest BCUT2D eigenvalue weighted by molar-refractivity contribution is 8.00. The van der Waals surface area contributed by atoms with Gasteiger partial charge in [0.1, 0.15) is 0 Å². The fourth-order valence-corrected chi connectivity index (χ4v) is 4.42. The standard InChI is InChI=1S/C19H24O4S2/c1-3-7-18(20)19(24-16-8-5-4-6-9-16)14-23-25(21,22)17-12-10-15(2)11-13-17/h4-6,8-13,18-20H,3,7,14H2,1-2H3/t18-,19+/m1/s1. The summed E-state index contributed by atoms with van der Waals surface area (Å²) in [6.07, 6.45) is 0.777. The number of aliphatic hydroxyl groups is 1. The van der Waals surface area contributed by atoms with Crippen LogP contribution in [0.5, 0.6) is 0 Å². The summed E-state index contributed by atoms with van der Waals surface area (Å²) in [6, 6.07) is 16.1. The van der Waals surface area contributed by atoms with Crippen LogP contribution >= 0.6 is 11.8 Å². The molecule has 0 aliphatic rings. The van der Waals surface area contributed by atoms with Gasteiger partial charge in [-0.1, -0.05) is 49.2 Å². The quantitative estimate of drug-likeness (QED) is 0.526. The van der Waals surface area contributed by atoms with Gasteiger partial charge in [-0.15, -0.1) is 11.8 Å². The number of aliphatic hydroxyl groups excluding tert-OH is 1. The molecule has 6 heteroatoms. The van der Waals surface area contributed by atoms with E-state index in [4.69, 9.17) is 4.18 Å². The van der Waals surface area contributed by atoms with Gasteiger partial charge < -0.3 is 5.11 Å². The van der Waals surface area contributed by atoms with Crippen molar-refractivity contribution in [3.8, 4) is 0 Å². The van der Waals surface area contributed by atoms with Crippen LogP contribution in [-0.4, -0.2) is 31.5 Å². The highest BCUT2D eigenvalue weighted by atomic mass is 32.2. The minimum atomic E-state index is -3.84. The summed E-state index contributed by atoms with van der Waals surface area (Å²) in [7, 11) is -3.84. The first kappa shape index (κ1) is 20.0. The molecule has 0 saturated carbocycles. The van der Waals surface area contributed by atoms with Gasteiger partial charge in [0.2, 0.25) is 0 Å². The summed E-state index contributed by atoms with van der Waals surface area (Å²) in [6.45, 7) is 3.80. The van der Waals surface area contributed by atoms with Crippen molar-refractivity contribution in [2.75, 3.05) is 6.61 Å². The fraction of sp³-hybridized carbons (Fsp3) is 0.368. The molecule has 136 valence electrons. The second-order valence-electron chi connectivity index (χ2n) is 5.88. The number of rotatable bonds is 9. The summed E-state index contributed by atoms with van der Waals surface area (Å²) in [5.74, 6) is 0. The van der Waals surface area contributed by atoms with E-state index in [1.165, 1.54) is 23.9 Å². The zero-order valence-electron chi connectivity index (χ0n) is 14.5. The maximum Gasteiger partial charge on any atom is 0.297 e. The zero-order valence-corrected chi connectivity index (χ0v) is 16.1. The van der Waals surface area contributed by atoms with E-state index in [1.54, 1.807) is 12.1 Å². The molecule has 0 amide bonds. The number of thioether (sulfide) groups is 1. The van der Waals surface area contributed by atoms with Crippen LogP contribution in [0.4, 0.5) is 0 Å². The highest BCUT2D eigenvalue weighted by Gasteiger charge is 2.24. The van der Waals surface area contributed by atoms with Crippen molar-refractivity contribution < 1.29 is 17.7 Å². The maximum atomic E-state index is 12.4. The molecule has 0 aromatic heterocycles. The van der Waals surface area contributed by atoms with E-state index in [9.17, 15) is 13.5 Å². The molecule has 4 nitrogen and oxygen atoms in total. The molecular formula is C19H24O4S2. The van der Waals surface area contributed by atoms with Crippen LogP contribution in [0.2, 0.25) is 0 Å². The molecule has 0 heterocycles. The Morgan fingerprint density at radius 3 is 2.32 bits per heavy atom. The lowest BCUT2D eigenvalue weighted by molar-refractivity contribution is 0.138. The van der Waals surface area contributed by atoms with Crippen molar-refractivity contribution in [3.05, 3.63) is 60.2 Å². The van der Waals surface area contributed by atoms with E-state index in [0.717, 1.165) is 16.9 Å². The lowest BCUT2D eigenvalue weighted by atomic mass is 10.1. The highest BCUT2D eigenvalue weighted by Crippen LogP contribution is 2.28. The summed E-state index contributed by atoms with van der Waals surface area (Å²) in [4.78, 5) is 1.10. The first-order valence-corrected chi connectivity index (χ1v) is 10.6. The Labute approximate surface area is 154 Å². The zero-order chi connectivity index (χ0) is 18.3. The van der Waals surface area contributed by atoms with E-state index in [1.807, 2.05) is 44.2 Å². The van der Waals surface area contributed by atoms with Gasteiger partial charge in [0.15, 0.2) is 0 Å². The van der Waals surface area contributed by atoms with Crippen LogP contribution in [-0.2, 0) is 14.3 Å². The predicted molar refractivity (Wildman–Crippen MR) is 101 cm³/mol. The van der Waals surface area contributed by atoms with Gasteiger partial charge in [0.25, 0.3) is 10.1 Å². The maximum absolute atomic E-state index is 12.4. The summed E-state index contributed by atoms with van der Waals surface area (Å²) in [5, 5.41) is 10.0. The van der Waals surface area contributed by atoms with Crippen LogP contribution in [0.15, 0.2) is 64.4 Å². The SMILES string of the molecule is CCC[C@@H](O)[C@H](COS(=O)(=O)c1ccc(C)cc1)Sc1ccccc1. The first-order valence-electron chi connectivity index (χ1n) is 8.28. The second-order valence-corrected chi connectivity index (χ2v) is 8.81. The molecule has 2 rings (SSSR count). The molecule has 0 radical (unpaired) electrons. The van der Waals surface area contributed by atoms with Crippen molar-refractivity contribution in [1.29, 1.82) is 0 Å². The number of aryl methyl sites for hydroxylation is 1. The monoisotopic (exact) mass is 380 g/mol. The third kappa shape index (κ3) is 6.15. The van der Waals surface area contributed by atoms with E-state index in [0.29, 0.717) is 6.42 Å². The summed E-state index contributed by atoms with van der Waals surface area (Å²) in [5.41, 5.74) is 0.981. The Morgan fingerprint density at radius 1 is 1.08 bits per heavy atom. The third-order valence-corrected chi connectivity index (χ3v) is 6.33. The Bertz CT molecular complexity index is 743. The topological polar surface area (TPSA) is 63.6 Å². The number of hydrogen-bond acceptors (Lipinski definition) is 5. The molecule has 2 atom stereocenters. The molecule has 0 spiro atoms. The molecule has 0 aliphatic heterocycles. The van der Waals surface area contributed by atoms with Gasteiger partial charge in [-0.05, 0) is 37.6 Å². The Balaban J connectivity index is 2.09. The molecule has 1 N–H and O–H groups in total. The van der Waals surface area contributed by atoms with Crippen molar-refractivity contribution >= 4 is 21.9 Å². The molecular weight excluding hydrogens is 356 g/mol. The van der Waals surface area contributed by atoms with Gasteiger partial charge in [-0.3, -0.25) is 4.18 Å². The lowest BCUT2D eigenvalue weighted by Crippen LogP contribution is -2.29. The number of benzene rings is 2. The minimum absolute atomic E-state index is 0.0725. The number of hydrogen-bond donors (Lipinski definition) is 1. The average Bonchev–Trinajstić information content (AvgIpc) is 2.60. The van der Waals surface area contributed by atoms with Crippen molar-refractivity contribution in [2.45, 2.75) is 47.8 Å². The van der Waals surface area contributed by atoms with Crippen molar-refractivity contribution in [1.82, 2.24) is 0 Å². The minimum Gasteiger partial charge on any atom is -0.392 e. The van der Waals surface area contributed by atoms with E-state index in [-0.39, 0.29) is 16.8 Å². The van der Waals surface area contributed by atoms with E-state index in [2.05, 4.69) is 0 Å². The van der Waals surface area contributed by atoms with Gasteiger partial charge in [0, 0.05) is 4.90 Å². The molecule has 0 unspecified atom stereocenters. The largest absolute Gasteiger partial charge is 0.392 e. The molecule has 0 fully saturated rings. The Hall–Kier alpha value is -1.34. The van der Waals surface area contributed by atoms with Gasteiger partial charge in [-0.25, -0.2) is 0 Å². The van der Waals surface area contributed by atoms with Crippen molar-refractivity contribution in [2.24, 2.45) is 0 Å². The van der Waals surface area contributed by atoms with Gasteiger partial charge >= 0.3 is 0 Å². The van der Waals surface area contributed by atoms with Crippen LogP contribution in [0.1, 0.15) is 25.3 Å². The average molecular weight is 381 g/mol. The second kappa shape index (κ2) is 9.38. The molecule has 2 aromatic rings. The normalized spacial score (nSPS) is 14.2. The molecule has 0 bridgehead atoms.